The first-order chi connectivity index (χ1) is 15.8. The summed E-state index contributed by atoms with van der Waals surface area (Å²) in [6.07, 6.45) is 8.87. The standard InChI is InChI=1S/C26H45NO6S/c1-16(4-7-23(30)27-12-13-34(31,32)33)19-5-6-20-24-21(9-11-26(19,20)3)25(2)10-8-18(28)14-17(25)15-22(24)29/h16-22,24,28-29H,4-15H2,1-3H3,(H,27,30)(H,31,32,33)/t16-,17+,18+,19-,20-,21+,22+,24-,25-,26+/m0/s1. The molecule has 0 aromatic heterocycles. The van der Waals surface area contributed by atoms with Crippen molar-refractivity contribution < 1.29 is 28.0 Å². The fraction of sp³-hybridized carbons (Fsp3) is 0.962. The smallest absolute Gasteiger partial charge is 0.266 e. The van der Waals surface area contributed by atoms with Gasteiger partial charge in [0.25, 0.3) is 10.1 Å². The number of carbonyl (C=O) groups is 1. The van der Waals surface area contributed by atoms with Gasteiger partial charge >= 0.3 is 0 Å². The highest BCUT2D eigenvalue weighted by Crippen LogP contribution is 2.68. The van der Waals surface area contributed by atoms with Crippen LogP contribution >= 0.6 is 0 Å². The minimum Gasteiger partial charge on any atom is -0.393 e. The Kier molecular flexibility index (Phi) is 7.47. The van der Waals surface area contributed by atoms with E-state index in [9.17, 15) is 23.4 Å². The fourth-order valence-electron chi connectivity index (χ4n) is 9.14. The largest absolute Gasteiger partial charge is 0.393 e. The lowest BCUT2D eigenvalue weighted by Gasteiger charge is -2.62. The van der Waals surface area contributed by atoms with E-state index in [0.717, 1.165) is 51.4 Å². The highest BCUT2D eigenvalue weighted by Gasteiger charge is 2.62. The first kappa shape index (κ1) is 26.4. The van der Waals surface area contributed by atoms with Gasteiger partial charge in [-0.1, -0.05) is 20.8 Å². The average Bonchev–Trinajstić information content (AvgIpc) is 3.09. The summed E-state index contributed by atoms with van der Waals surface area (Å²) in [5, 5.41) is 24.2. The van der Waals surface area contributed by atoms with Crippen LogP contribution in [0.2, 0.25) is 0 Å². The summed E-state index contributed by atoms with van der Waals surface area (Å²) in [6.45, 7) is 7.05. The second-order valence-corrected chi connectivity index (χ2v) is 14.2. The minimum atomic E-state index is -4.06. The quantitative estimate of drug-likeness (QED) is 0.398. The van der Waals surface area contributed by atoms with Gasteiger partial charge in [0.05, 0.1) is 18.0 Å². The van der Waals surface area contributed by atoms with Crippen molar-refractivity contribution in [2.24, 2.45) is 46.3 Å². The van der Waals surface area contributed by atoms with E-state index in [4.69, 9.17) is 4.55 Å². The van der Waals surface area contributed by atoms with Gasteiger partial charge in [0.1, 0.15) is 0 Å². The molecule has 0 unspecified atom stereocenters. The van der Waals surface area contributed by atoms with Gasteiger partial charge < -0.3 is 15.5 Å². The van der Waals surface area contributed by atoms with Gasteiger partial charge in [0.2, 0.25) is 5.91 Å². The number of rotatable bonds is 7. The lowest BCUT2D eigenvalue weighted by atomic mass is 9.43. The van der Waals surface area contributed by atoms with Crippen LogP contribution in [0.4, 0.5) is 0 Å². The Morgan fingerprint density at radius 3 is 2.41 bits per heavy atom. The molecule has 1 amide bonds. The molecule has 4 rings (SSSR count). The van der Waals surface area contributed by atoms with E-state index in [0.29, 0.717) is 41.9 Å². The fourth-order valence-corrected chi connectivity index (χ4v) is 9.50. The molecule has 0 aliphatic heterocycles. The molecule has 4 saturated carbocycles. The van der Waals surface area contributed by atoms with Gasteiger partial charge in [-0.2, -0.15) is 8.42 Å². The van der Waals surface area contributed by atoms with Gasteiger partial charge in [-0.3, -0.25) is 9.35 Å². The molecule has 196 valence electrons. The molecule has 0 bridgehead atoms. The topological polar surface area (TPSA) is 124 Å². The number of aliphatic hydroxyl groups excluding tert-OH is 2. The predicted octanol–water partition coefficient (Wildman–Crippen LogP) is 3.40. The number of fused-ring (bicyclic) bond motifs is 5. The average molecular weight is 500 g/mol. The van der Waals surface area contributed by atoms with Crippen LogP contribution in [0.25, 0.3) is 0 Å². The van der Waals surface area contributed by atoms with E-state index in [1.165, 1.54) is 6.42 Å². The zero-order valence-electron chi connectivity index (χ0n) is 21.1. The number of aliphatic hydroxyl groups is 2. The molecule has 0 radical (unpaired) electrons. The van der Waals surface area contributed by atoms with Crippen LogP contribution in [0.15, 0.2) is 0 Å². The molecule has 8 heteroatoms. The summed E-state index contributed by atoms with van der Waals surface area (Å²) in [4.78, 5) is 12.2. The summed E-state index contributed by atoms with van der Waals surface area (Å²) >= 11 is 0. The molecule has 4 fully saturated rings. The first-order valence-corrected chi connectivity index (χ1v) is 15.0. The van der Waals surface area contributed by atoms with E-state index in [1.54, 1.807) is 0 Å². The summed E-state index contributed by atoms with van der Waals surface area (Å²) in [6, 6.07) is 0. The van der Waals surface area contributed by atoms with Crippen molar-refractivity contribution in [3.8, 4) is 0 Å². The van der Waals surface area contributed by atoms with E-state index in [-0.39, 0.29) is 35.5 Å². The monoisotopic (exact) mass is 499 g/mol. The van der Waals surface area contributed by atoms with Gasteiger partial charge in [-0.05, 0) is 104 Å². The van der Waals surface area contributed by atoms with Crippen molar-refractivity contribution in [3.05, 3.63) is 0 Å². The Hall–Kier alpha value is -0.700. The summed E-state index contributed by atoms with van der Waals surface area (Å²) in [5.41, 5.74) is 0.411. The number of carbonyl (C=O) groups excluding carboxylic acids is 1. The molecule has 4 aliphatic carbocycles. The highest BCUT2D eigenvalue weighted by atomic mass is 32.2. The molecule has 0 aromatic rings. The molecule has 0 heterocycles. The van der Waals surface area contributed by atoms with E-state index < -0.39 is 15.9 Å². The van der Waals surface area contributed by atoms with Gasteiger partial charge in [-0.25, -0.2) is 0 Å². The van der Waals surface area contributed by atoms with Gasteiger partial charge in [-0.15, -0.1) is 0 Å². The summed E-state index contributed by atoms with van der Waals surface area (Å²) < 4.78 is 30.5. The van der Waals surface area contributed by atoms with Crippen molar-refractivity contribution in [2.45, 2.75) is 97.2 Å². The Labute approximate surface area is 205 Å². The third-order valence-corrected chi connectivity index (χ3v) is 11.6. The number of hydrogen-bond donors (Lipinski definition) is 4. The zero-order valence-corrected chi connectivity index (χ0v) is 21.9. The molecule has 7 nitrogen and oxygen atoms in total. The molecule has 4 aliphatic rings. The lowest BCUT2D eigenvalue weighted by Crippen LogP contribution is -2.58. The molecular formula is C26H45NO6S. The molecular weight excluding hydrogens is 454 g/mol. The number of nitrogens with one attached hydrogen (secondary N) is 1. The first-order valence-electron chi connectivity index (χ1n) is 13.4. The third kappa shape index (κ3) is 4.94. The number of amides is 1. The Bertz CT molecular complexity index is 863. The highest BCUT2D eigenvalue weighted by molar-refractivity contribution is 7.85. The van der Waals surface area contributed by atoms with Crippen LogP contribution in [0.5, 0.6) is 0 Å². The molecule has 0 saturated heterocycles. The van der Waals surface area contributed by atoms with Crippen LogP contribution in [-0.2, 0) is 14.9 Å². The van der Waals surface area contributed by atoms with Crippen molar-refractivity contribution in [1.82, 2.24) is 5.32 Å². The van der Waals surface area contributed by atoms with Crippen LogP contribution in [0.3, 0.4) is 0 Å². The van der Waals surface area contributed by atoms with Crippen LogP contribution in [-0.4, -0.2) is 53.6 Å². The Balaban J connectivity index is 1.39. The van der Waals surface area contributed by atoms with Crippen LogP contribution in [0, 0.1) is 46.3 Å². The van der Waals surface area contributed by atoms with Crippen LogP contribution in [0.1, 0.15) is 85.0 Å². The van der Waals surface area contributed by atoms with Gasteiger partial charge in [0.15, 0.2) is 0 Å². The van der Waals surface area contributed by atoms with E-state index in [1.807, 2.05) is 0 Å². The third-order valence-electron chi connectivity index (χ3n) is 10.9. The van der Waals surface area contributed by atoms with E-state index in [2.05, 4.69) is 26.1 Å². The lowest BCUT2D eigenvalue weighted by molar-refractivity contribution is -0.174. The van der Waals surface area contributed by atoms with Crippen molar-refractivity contribution in [2.75, 3.05) is 12.3 Å². The molecule has 34 heavy (non-hydrogen) atoms. The maximum atomic E-state index is 12.2. The zero-order chi connectivity index (χ0) is 24.9. The van der Waals surface area contributed by atoms with Crippen LogP contribution < -0.4 is 5.32 Å². The van der Waals surface area contributed by atoms with Crippen molar-refractivity contribution in [1.29, 1.82) is 0 Å². The Morgan fingerprint density at radius 2 is 1.71 bits per heavy atom. The minimum absolute atomic E-state index is 0.0625. The summed E-state index contributed by atoms with van der Waals surface area (Å²) in [5.74, 6) is 2.10. The maximum absolute atomic E-state index is 12.2. The van der Waals surface area contributed by atoms with E-state index >= 15 is 0 Å². The van der Waals surface area contributed by atoms with Gasteiger partial charge in [0, 0.05) is 13.0 Å². The molecule has 4 N–H and O–H groups in total. The van der Waals surface area contributed by atoms with Crippen molar-refractivity contribution in [3.63, 3.8) is 0 Å². The predicted molar refractivity (Wildman–Crippen MR) is 130 cm³/mol. The second kappa shape index (κ2) is 9.64. The summed E-state index contributed by atoms with van der Waals surface area (Å²) in [7, 11) is -4.06. The Morgan fingerprint density at radius 1 is 1.03 bits per heavy atom. The SMILES string of the molecule is C[C@@H](CCC(=O)NCCS(=O)(=O)O)[C@@H]1CC[C@H]2[C@@H]3[C@H](O)C[C@H]4C[C@H](O)CC[C@]4(C)[C@@H]3CC[C@@]21C. The molecule has 0 aromatic carbocycles. The molecule has 10 atom stereocenters. The van der Waals surface area contributed by atoms with Crippen molar-refractivity contribution >= 4 is 16.0 Å². The second-order valence-electron chi connectivity index (χ2n) is 12.6. The normalized spacial score (nSPS) is 45.1. The molecule has 0 spiro atoms. The number of hydrogen-bond acceptors (Lipinski definition) is 5. The maximum Gasteiger partial charge on any atom is 0.266 e.